The van der Waals surface area contributed by atoms with Gasteiger partial charge in [-0.1, -0.05) is 30.7 Å². The Morgan fingerprint density at radius 3 is 2.58 bits per heavy atom. The number of sulfonamides is 1. The van der Waals surface area contributed by atoms with Crippen molar-refractivity contribution in [2.45, 2.75) is 119 Å². The summed E-state index contributed by atoms with van der Waals surface area (Å²) < 4.78 is 35.8. The molecule has 3 aliphatic carbocycles. The number of amides is 1. The number of nitrogens with one attached hydrogen (secondary N) is 1. The highest BCUT2D eigenvalue weighted by Crippen LogP contribution is 2.60. The molecule has 2 aromatic rings. The van der Waals surface area contributed by atoms with Crippen LogP contribution in [0.25, 0.3) is 0 Å². The Bertz CT molecular complexity index is 1520. The Balaban J connectivity index is 1.21. The second-order valence-electron chi connectivity index (χ2n) is 13.8. The number of aliphatic hydroxyl groups excluding tert-OH is 1. The maximum atomic E-state index is 13.8. The van der Waals surface area contributed by atoms with E-state index in [2.05, 4.69) is 10.8 Å². The van der Waals surface area contributed by atoms with E-state index in [0.29, 0.717) is 29.2 Å². The van der Waals surface area contributed by atoms with E-state index in [1.807, 2.05) is 57.0 Å². The van der Waals surface area contributed by atoms with Crippen molar-refractivity contribution >= 4 is 15.9 Å². The molecule has 1 spiro atoms. The summed E-state index contributed by atoms with van der Waals surface area (Å²) in [7, 11) is -1.91. The number of benzene rings is 2. The molecule has 2 fully saturated rings. The number of allylic oxidation sites excluding steroid dienone is 2. The molecule has 2 aromatic carbocycles. The quantitative estimate of drug-likeness (QED) is 0.365. The van der Waals surface area contributed by atoms with E-state index in [1.165, 1.54) is 25.7 Å². The summed E-state index contributed by atoms with van der Waals surface area (Å²) in [5, 5.41) is 11.6. The van der Waals surface area contributed by atoms with Crippen molar-refractivity contribution in [3.05, 3.63) is 70.8 Å². The Morgan fingerprint density at radius 2 is 1.88 bits per heavy atom. The van der Waals surface area contributed by atoms with Gasteiger partial charge in [0, 0.05) is 35.7 Å². The molecule has 7 nitrogen and oxygen atoms in total. The van der Waals surface area contributed by atoms with Crippen molar-refractivity contribution in [2.24, 2.45) is 5.92 Å². The number of carbonyl (C=O) groups excluding carboxylic acids is 1. The van der Waals surface area contributed by atoms with E-state index < -0.39 is 33.2 Å². The molecule has 232 valence electrons. The summed E-state index contributed by atoms with van der Waals surface area (Å²) in [4.78, 5) is 15.9. The van der Waals surface area contributed by atoms with Gasteiger partial charge in [0.25, 0.3) is 5.91 Å². The highest BCUT2D eigenvalue weighted by Gasteiger charge is 2.68. The highest BCUT2D eigenvalue weighted by atomic mass is 32.2. The average Bonchev–Trinajstić information content (AvgIpc) is 3.49. The predicted octanol–water partition coefficient (Wildman–Crippen LogP) is 5.90. The zero-order valence-corrected chi connectivity index (χ0v) is 26.8. The van der Waals surface area contributed by atoms with Gasteiger partial charge in [0.05, 0.1) is 4.90 Å². The predicted molar refractivity (Wildman–Crippen MR) is 168 cm³/mol. The Hall–Kier alpha value is -2.68. The molecule has 2 N–H and O–H groups in total. The molecular weight excluding hydrogens is 560 g/mol. The van der Waals surface area contributed by atoms with Crippen LogP contribution in [0, 0.1) is 5.92 Å². The lowest BCUT2D eigenvalue weighted by atomic mass is 9.77. The lowest BCUT2D eigenvalue weighted by Gasteiger charge is -2.43. The van der Waals surface area contributed by atoms with Gasteiger partial charge in [-0.15, -0.1) is 0 Å². The van der Waals surface area contributed by atoms with Gasteiger partial charge in [0.2, 0.25) is 10.0 Å². The Kier molecular flexibility index (Phi) is 8.01. The molecule has 4 aliphatic rings. The van der Waals surface area contributed by atoms with Crippen LogP contribution in [0.15, 0.2) is 59.0 Å². The van der Waals surface area contributed by atoms with Crippen molar-refractivity contribution in [1.82, 2.24) is 9.62 Å². The number of rotatable bonds is 8. The molecule has 2 saturated carbocycles. The van der Waals surface area contributed by atoms with Crippen molar-refractivity contribution in [3.63, 3.8) is 0 Å². The third kappa shape index (κ3) is 5.67. The van der Waals surface area contributed by atoms with Crippen LogP contribution >= 0.6 is 0 Å². The van der Waals surface area contributed by atoms with E-state index in [0.717, 1.165) is 37.7 Å². The normalized spacial score (nSPS) is 29.5. The van der Waals surface area contributed by atoms with E-state index >= 15 is 0 Å². The van der Waals surface area contributed by atoms with Gasteiger partial charge < -0.3 is 14.7 Å². The van der Waals surface area contributed by atoms with Gasteiger partial charge in [-0.3, -0.25) is 4.79 Å². The first kappa shape index (κ1) is 30.4. The minimum absolute atomic E-state index is 0.0476. The number of hydrogen-bond acceptors (Lipinski definition) is 5. The van der Waals surface area contributed by atoms with Crippen LogP contribution in [0.4, 0.5) is 0 Å². The Labute approximate surface area is 256 Å². The van der Waals surface area contributed by atoms with E-state index in [9.17, 15) is 18.3 Å². The molecule has 4 unspecified atom stereocenters. The summed E-state index contributed by atoms with van der Waals surface area (Å²) in [6, 6.07) is 12.0. The van der Waals surface area contributed by atoms with E-state index in [4.69, 9.17) is 4.74 Å². The number of aryl methyl sites for hydroxylation is 1. The number of aliphatic hydroxyl groups is 1. The van der Waals surface area contributed by atoms with Gasteiger partial charge >= 0.3 is 0 Å². The van der Waals surface area contributed by atoms with Gasteiger partial charge in [0.15, 0.2) is 0 Å². The minimum atomic E-state index is -3.81. The smallest absolute Gasteiger partial charge is 0.253 e. The number of fused-ring (bicyclic) bond motifs is 2. The maximum absolute atomic E-state index is 13.8. The summed E-state index contributed by atoms with van der Waals surface area (Å²) in [5.41, 5.74) is 2.09. The van der Waals surface area contributed by atoms with Crippen LogP contribution in [0.2, 0.25) is 0 Å². The van der Waals surface area contributed by atoms with E-state index in [-0.39, 0.29) is 16.8 Å². The number of ether oxygens (including phenoxy) is 1. The van der Waals surface area contributed by atoms with Crippen LogP contribution < -0.4 is 9.46 Å². The average molecular weight is 607 g/mol. The summed E-state index contributed by atoms with van der Waals surface area (Å²) in [6.45, 7) is 5.67. The fourth-order valence-electron chi connectivity index (χ4n) is 7.82. The molecule has 1 amide bonds. The van der Waals surface area contributed by atoms with Gasteiger partial charge in [-0.25, -0.2) is 13.1 Å². The number of hydrogen-bond donors (Lipinski definition) is 2. The molecule has 0 bridgehead atoms. The summed E-state index contributed by atoms with van der Waals surface area (Å²) >= 11 is 0. The molecule has 0 saturated heterocycles. The van der Waals surface area contributed by atoms with Gasteiger partial charge in [-0.2, -0.15) is 0 Å². The van der Waals surface area contributed by atoms with Crippen molar-refractivity contribution in [1.29, 1.82) is 0 Å². The van der Waals surface area contributed by atoms with Crippen molar-refractivity contribution in [3.8, 4) is 5.75 Å². The highest BCUT2D eigenvalue weighted by molar-refractivity contribution is 7.89. The zero-order chi connectivity index (χ0) is 30.6. The first-order chi connectivity index (χ1) is 20.4. The fraction of sp³-hybridized carbons (Fsp3) is 0.571. The van der Waals surface area contributed by atoms with E-state index in [1.54, 1.807) is 23.8 Å². The third-order valence-electron chi connectivity index (χ3n) is 10.5. The fourth-order valence-corrected chi connectivity index (χ4v) is 9.12. The largest absolute Gasteiger partial charge is 0.485 e. The van der Waals surface area contributed by atoms with Crippen molar-refractivity contribution in [2.75, 3.05) is 7.05 Å². The number of carbonyl (C=O) groups is 1. The SMILES string of the molecule is CCc1ccc(S(=O)(=O)NC2CC23c2cc(C(=O)N(C)C4CCC(CC5=CCCCC5)C4)ccc2OC(C)(C)[C@H]3O)cc1. The monoisotopic (exact) mass is 606 g/mol. The molecule has 0 radical (unpaired) electrons. The molecule has 5 atom stereocenters. The van der Waals surface area contributed by atoms with Gasteiger partial charge in [-0.05, 0) is 120 Å². The molecule has 1 heterocycles. The van der Waals surface area contributed by atoms with Crippen LogP contribution in [0.5, 0.6) is 5.75 Å². The topological polar surface area (TPSA) is 95.9 Å². The molecule has 1 aliphatic heterocycles. The first-order valence-corrected chi connectivity index (χ1v) is 17.5. The second kappa shape index (κ2) is 11.4. The third-order valence-corrected chi connectivity index (χ3v) is 12.0. The summed E-state index contributed by atoms with van der Waals surface area (Å²) in [5.74, 6) is 1.17. The molecule has 43 heavy (non-hydrogen) atoms. The molecular formula is C35H46N2O5S. The standard InChI is InChI=1S/C35H46N2O5S/c1-5-23-12-16-28(17-13-23)43(40,41)36-31-22-35(31)29-21-26(14-18-30(29)42-34(2,3)33(35)39)32(38)37(4)27-15-11-25(20-27)19-24-9-7-6-8-10-24/h9,12-14,16-18,21,25,27,31,33,36,39H,5-8,10-11,15,19-20,22H2,1-4H3/t25?,27?,31?,33-,35?/m1/s1. The van der Waals surface area contributed by atoms with Crippen LogP contribution in [-0.4, -0.2) is 55.2 Å². The maximum Gasteiger partial charge on any atom is 0.253 e. The lowest BCUT2D eigenvalue weighted by molar-refractivity contribution is -0.0669. The number of nitrogens with zero attached hydrogens (tertiary/aromatic N) is 1. The van der Waals surface area contributed by atoms with Gasteiger partial charge in [0.1, 0.15) is 17.5 Å². The molecule has 6 rings (SSSR count). The minimum Gasteiger partial charge on any atom is -0.485 e. The first-order valence-electron chi connectivity index (χ1n) is 16.0. The van der Waals surface area contributed by atoms with Crippen LogP contribution in [0.1, 0.15) is 100 Å². The lowest BCUT2D eigenvalue weighted by Crippen LogP contribution is -2.55. The Morgan fingerprint density at radius 1 is 1.12 bits per heavy atom. The second-order valence-corrected chi connectivity index (χ2v) is 15.5. The summed E-state index contributed by atoms with van der Waals surface area (Å²) in [6.07, 6.45) is 12.1. The van der Waals surface area contributed by atoms with Crippen molar-refractivity contribution < 1.29 is 23.1 Å². The van der Waals surface area contributed by atoms with Crippen LogP contribution in [-0.2, 0) is 21.9 Å². The zero-order valence-electron chi connectivity index (χ0n) is 25.9. The van der Waals surface area contributed by atoms with Crippen LogP contribution in [0.3, 0.4) is 0 Å². The molecule has 8 heteroatoms. The molecule has 0 aromatic heterocycles.